The Morgan fingerprint density at radius 3 is 2.72 bits per heavy atom. The molecule has 7 heteroatoms. The maximum absolute atomic E-state index is 12.2. The average Bonchev–Trinajstić information content (AvgIpc) is 2.31. The van der Waals surface area contributed by atoms with Gasteiger partial charge < -0.3 is 15.8 Å². The van der Waals surface area contributed by atoms with Gasteiger partial charge in [0, 0.05) is 0 Å². The van der Waals surface area contributed by atoms with Gasteiger partial charge in [-0.2, -0.15) is 8.78 Å². The highest BCUT2D eigenvalue weighted by Crippen LogP contribution is 2.27. The van der Waals surface area contributed by atoms with E-state index in [0.717, 1.165) is 0 Å². The summed E-state index contributed by atoms with van der Waals surface area (Å²) in [5.74, 6) is 0.601. The Balaban J connectivity index is 2.23. The van der Waals surface area contributed by atoms with Crippen molar-refractivity contribution >= 4 is 17.3 Å². The van der Waals surface area contributed by atoms with Gasteiger partial charge in [0.15, 0.2) is 5.82 Å². The molecule has 5 nitrogen and oxygen atoms in total. The van der Waals surface area contributed by atoms with Crippen molar-refractivity contribution in [2.75, 3.05) is 11.1 Å². The number of ether oxygens (including phenoxy) is 1. The van der Waals surface area contributed by atoms with Gasteiger partial charge in [-0.15, -0.1) is 0 Å². The first-order valence-corrected chi connectivity index (χ1v) is 5.03. The zero-order valence-corrected chi connectivity index (χ0v) is 9.18. The van der Waals surface area contributed by atoms with Gasteiger partial charge in [0.2, 0.25) is 0 Å². The second kappa shape index (κ2) is 5.26. The van der Waals surface area contributed by atoms with Crippen LogP contribution in [0.1, 0.15) is 0 Å². The van der Waals surface area contributed by atoms with Gasteiger partial charge in [-0.25, -0.2) is 4.98 Å². The molecule has 0 aliphatic carbocycles. The summed E-state index contributed by atoms with van der Waals surface area (Å²) in [5.41, 5.74) is 5.83. The number of halogens is 2. The smallest absolute Gasteiger partial charge is 0.387 e. The summed E-state index contributed by atoms with van der Waals surface area (Å²) in [5, 5.41) is 2.81. The lowest BCUT2D eigenvalue weighted by Crippen LogP contribution is -2.05. The highest BCUT2D eigenvalue weighted by Gasteiger charge is 2.09. The van der Waals surface area contributed by atoms with Gasteiger partial charge in [-0.3, -0.25) is 4.98 Å². The second-order valence-corrected chi connectivity index (χ2v) is 3.33. The van der Waals surface area contributed by atoms with Gasteiger partial charge in [0.1, 0.15) is 11.6 Å². The first-order valence-electron chi connectivity index (χ1n) is 5.03. The van der Waals surface area contributed by atoms with E-state index in [2.05, 4.69) is 20.0 Å². The maximum atomic E-state index is 12.2. The van der Waals surface area contributed by atoms with Gasteiger partial charge in [0.25, 0.3) is 0 Å². The lowest BCUT2D eigenvalue weighted by Gasteiger charge is -2.11. The molecule has 3 N–H and O–H groups in total. The van der Waals surface area contributed by atoms with E-state index in [4.69, 9.17) is 5.73 Å². The summed E-state index contributed by atoms with van der Waals surface area (Å²) in [6.07, 6.45) is 2.81. The van der Waals surface area contributed by atoms with Crippen molar-refractivity contribution in [2.24, 2.45) is 0 Å². The largest absolute Gasteiger partial charge is 0.433 e. The van der Waals surface area contributed by atoms with E-state index >= 15 is 0 Å². The van der Waals surface area contributed by atoms with Crippen LogP contribution in [0.15, 0.2) is 36.7 Å². The summed E-state index contributed by atoms with van der Waals surface area (Å²) in [4.78, 5) is 7.78. The Bertz CT molecular complexity index is 536. The van der Waals surface area contributed by atoms with Crippen LogP contribution in [-0.4, -0.2) is 16.6 Å². The van der Waals surface area contributed by atoms with Crippen molar-refractivity contribution in [3.05, 3.63) is 36.7 Å². The maximum Gasteiger partial charge on any atom is 0.387 e. The fraction of sp³-hybridized carbons (Fsp3) is 0.0909. The van der Waals surface area contributed by atoms with Crippen LogP contribution in [0.2, 0.25) is 0 Å². The molecule has 0 aliphatic rings. The van der Waals surface area contributed by atoms with Crippen LogP contribution in [-0.2, 0) is 0 Å². The molecule has 2 rings (SSSR count). The Hall–Kier alpha value is -2.44. The molecule has 0 radical (unpaired) electrons. The number of anilines is 3. The summed E-state index contributed by atoms with van der Waals surface area (Å²) < 4.78 is 28.8. The van der Waals surface area contributed by atoms with Crippen LogP contribution in [0.4, 0.5) is 26.1 Å². The minimum atomic E-state index is -2.89. The number of hydrogen-bond donors (Lipinski definition) is 2. The molecule has 1 aromatic heterocycles. The summed E-state index contributed by atoms with van der Waals surface area (Å²) in [6, 6.07) is 6.28. The Labute approximate surface area is 102 Å². The normalized spacial score (nSPS) is 10.4. The molecule has 18 heavy (non-hydrogen) atoms. The number of nitrogen functional groups attached to an aromatic ring is 1. The van der Waals surface area contributed by atoms with E-state index in [9.17, 15) is 8.78 Å². The predicted octanol–water partition coefficient (Wildman–Crippen LogP) is 2.40. The zero-order chi connectivity index (χ0) is 13.0. The second-order valence-electron chi connectivity index (χ2n) is 3.33. The van der Waals surface area contributed by atoms with Crippen molar-refractivity contribution in [2.45, 2.75) is 6.61 Å². The minimum absolute atomic E-state index is 0.0247. The number of para-hydroxylation sites is 2. The van der Waals surface area contributed by atoms with Crippen LogP contribution < -0.4 is 15.8 Å². The van der Waals surface area contributed by atoms with Gasteiger partial charge in [0.05, 0.1) is 18.1 Å². The van der Waals surface area contributed by atoms with Crippen molar-refractivity contribution in [3.8, 4) is 5.75 Å². The van der Waals surface area contributed by atoms with E-state index in [1.807, 2.05) is 0 Å². The standard InChI is InChI=1S/C11H10F2N4O/c12-11(13)18-8-4-2-1-3-7(8)16-10-6-15-5-9(14)17-10/h1-6,11H,(H3,14,16,17). The summed E-state index contributed by atoms with van der Waals surface area (Å²) >= 11 is 0. The number of alkyl halides is 2. The number of nitrogens with zero attached hydrogens (tertiary/aromatic N) is 2. The molecular formula is C11H10F2N4O. The molecule has 1 aromatic carbocycles. The Morgan fingerprint density at radius 2 is 2.00 bits per heavy atom. The minimum Gasteiger partial charge on any atom is -0.433 e. The number of nitrogens with two attached hydrogens (primary N) is 1. The van der Waals surface area contributed by atoms with E-state index in [-0.39, 0.29) is 11.6 Å². The van der Waals surface area contributed by atoms with Gasteiger partial charge in [-0.1, -0.05) is 12.1 Å². The van der Waals surface area contributed by atoms with Gasteiger partial charge in [-0.05, 0) is 12.1 Å². The SMILES string of the molecule is Nc1cncc(Nc2ccccc2OC(F)F)n1. The van der Waals surface area contributed by atoms with Crippen LogP contribution >= 0.6 is 0 Å². The molecule has 0 saturated heterocycles. The number of rotatable bonds is 4. The molecule has 0 saturated carbocycles. The van der Waals surface area contributed by atoms with Crippen LogP contribution in [0.25, 0.3) is 0 Å². The molecule has 0 unspecified atom stereocenters. The molecular weight excluding hydrogens is 242 g/mol. The van der Waals surface area contributed by atoms with E-state index in [0.29, 0.717) is 11.5 Å². The van der Waals surface area contributed by atoms with Crippen LogP contribution in [0.3, 0.4) is 0 Å². The molecule has 0 aliphatic heterocycles. The summed E-state index contributed by atoms with van der Waals surface area (Å²) in [6.45, 7) is -2.89. The van der Waals surface area contributed by atoms with Crippen molar-refractivity contribution < 1.29 is 13.5 Å². The van der Waals surface area contributed by atoms with E-state index in [1.165, 1.54) is 18.5 Å². The molecule has 94 valence electrons. The monoisotopic (exact) mass is 252 g/mol. The molecule has 2 aromatic rings. The zero-order valence-electron chi connectivity index (χ0n) is 9.18. The molecule has 0 spiro atoms. The Kier molecular flexibility index (Phi) is 3.52. The number of aromatic nitrogens is 2. The first-order chi connectivity index (χ1) is 8.65. The lowest BCUT2D eigenvalue weighted by atomic mass is 10.3. The van der Waals surface area contributed by atoms with Crippen LogP contribution in [0, 0.1) is 0 Å². The number of benzene rings is 1. The quantitative estimate of drug-likeness (QED) is 0.874. The van der Waals surface area contributed by atoms with Crippen molar-refractivity contribution in [1.82, 2.24) is 9.97 Å². The predicted molar refractivity (Wildman–Crippen MR) is 62.8 cm³/mol. The molecule has 0 bridgehead atoms. The highest BCUT2D eigenvalue weighted by molar-refractivity contribution is 5.64. The van der Waals surface area contributed by atoms with Gasteiger partial charge >= 0.3 is 6.61 Å². The van der Waals surface area contributed by atoms with E-state index < -0.39 is 6.61 Å². The van der Waals surface area contributed by atoms with Crippen LogP contribution in [0.5, 0.6) is 5.75 Å². The lowest BCUT2D eigenvalue weighted by molar-refractivity contribution is -0.0493. The van der Waals surface area contributed by atoms with Crippen molar-refractivity contribution in [3.63, 3.8) is 0 Å². The van der Waals surface area contributed by atoms with E-state index in [1.54, 1.807) is 18.2 Å². The Morgan fingerprint density at radius 1 is 1.22 bits per heavy atom. The third-order valence-corrected chi connectivity index (χ3v) is 2.02. The summed E-state index contributed by atoms with van der Waals surface area (Å²) in [7, 11) is 0. The fourth-order valence-electron chi connectivity index (χ4n) is 1.35. The fourth-order valence-corrected chi connectivity index (χ4v) is 1.35. The molecule has 0 amide bonds. The molecule has 1 heterocycles. The third kappa shape index (κ3) is 3.03. The molecule has 0 atom stereocenters. The first kappa shape index (κ1) is 12.0. The molecule has 0 fully saturated rings. The average molecular weight is 252 g/mol. The number of nitrogens with one attached hydrogen (secondary N) is 1. The number of hydrogen-bond acceptors (Lipinski definition) is 5. The topological polar surface area (TPSA) is 73.1 Å². The van der Waals surface area contributed by atoms with Crippen molar-refractivity contribution in [1.29, 1.82) is 0 Å². The third-order valence-electron chi connectivity index (χ3n) is 2.02. The highest BCUT2D eigenvalue weighted by atomic mass is 19.3.